The molecule has 5 heteroatoms. The van der Waals surface area contributed by atoms with Crippen LogP contribution in [-0.4, -0.2) is 36.0 Å². The van der Waals surface area contributed by atoms with Crippen LogP contribution in [0.25, 0.3) is 0 Å². The summed E-state index contributed by atoms with van der Waals surface area (Å²) >= 11 is 1.70. The maximum absolute atomic E-state index is 12.4. The van der Waals surface area contributed by atoms with Crippen molar-refractivity contribution in [2.45, 2.75) is 29.7 Å². The second kappa shape index (κ2) is 5.53. The van der Waals surface area contributed by atoms with Crippen LogP contribution in [0.1, 0.15) is 12.5 Å². The minimum absolute atomic E-state index is 0.240. The minimum atomic E-state index is -4.11. The lowest BCUT2D eigenvalue weighted by molar-refractivity contribution is -0.145. The lowest BCUT2D eigenvalue weighted by Gasteiger charge is -2.24. The number of hydrogen-bond acceptors (Lipinski definition) is 2. The fourth-order valence-electron chi connectivity index (χ4n) is 2.20. The van der Waals surface area contributed by atoms with Gasteiger partial charge in [-0.2, -0.15) is 13.2 Å². The van der Waals surface area contributed by atoms with Crippen molar-refractivity contribution in [1.82, 2.24) is 4.90 Å². The maximum atomic E-state index is 12.4. The first-order valence-electron chi connectivity index (χ1n) is 6.01. The van der Waals surface area contributed by atoms with Gasteiger partial charge < -0.3 is 0 Å². The monoisotopic (exact) mass is 275 g/mol. The molecule has 0 aromatic heterocycles. The first-order valence-corrected chi connectivity index (χ1v) is 6.89. The molecule has 0 aliphatic carbocycles. The van der Waals surface area contributed by atoms with Crippen molar-refractivity contribution in [3.05, 3.63) is 29.8 Å². The molecule has 1 aliphatic rings. The normalized spacial score (nSPS) is 19.3. The predicted molar refractivity (Wildman–Crippen MR) is 68.0 cm³/mol. The van der Waals surface area contributed by atoms with Gasteiger partial charge in [-0.1, -0.05) is 25.1 Å². The van der Waals surface area contributed by atoms with E-state index in [1.165, 1.54) is 15.4 Å². The third-order valence-electron chi connectivity index (χ3n) is 3.03. The van der Waals surface area contributed by atoms with E-state index in [9.17, 15) is 13.2 Å². The first-order chi connectivity index (χ1) is 8.48. The van der Waals surface area contributed by atoms with Gasteiger partial charge in [0.1, 0.15) is 0 Å². The van der Waals surface area contributed by atoms with Crippen LogP contribution in [0, 0.1) is 0 Å². The van der Waals surface area contributed by atoms with Gasteiger partial charge in [0.15, 0.2) is 0 Å². The molecule has 1 aromatic carbocycles. The van der Waals surface area contributed by atoms with Crippen molar-refractivity contribution in [2.75, 3.05) is 19.6 Å². The van der Waals surface area contributed by atoms with Crippen LogP contribution in [0.15, 0.2) is 29.2 Å². The highest BCUT2D eigenvalue weighted by Crippen LogP contribution is 2.37. The highest BCUT2D eigenvalue weighted by molar-refractivity contribution is 8.00. The lowest BCUT2D eigenvalue weighted by Crippen LogP contribution is -2.38. The van der Waals surface area contributed by atoms with E-state index in [2.05, 4.69) is 6.07 Å². The lowest BCUT2D eigenvalue weighted by atomic mass is 10.1. The van der Waals surface area contributed by atoms with Crippen molar-refractivity contribution < 1.29 is 13.2 Å². The van der Waals surface area contributed by atoms with E-state index in [0.29, 0.717) is 13.1 Å². The molecule has 2 rings (SSSR count). The van der Waals surface area contributed by atoms with Crippen LogP contribution in [0.2, 0.25) is 0 Å². The zero-order chi connectivity index (χ0) is 13.2. The number of nitrogens with zero attached hydrogens (tertiary/aromatic N) is 1. The summed E-state index contributed by atoms with van der Waals surface area (Å²) in [5.74, 6) is 0. The van der Waals surface area contributed by atoms with Gasteiger partial charge in [0.05, 0.1) is 6.54 Å². The summed E-state index contributed by atoms with van der Waals surface area (Å²) in [5.41, 5.74) is 1.26. The third-order valence-corrected chi connectivity index (χ3v) is 4.33. The molecular formula is C13H16F3NS. The molecule has 100 valence electrons. The van der Waals surface area contributed by atoms with Crippen molar-refractivity contribution >= 4 is 11.8 Å². The van der Waals surface area contributed by atoms with E-state index in [-0.39, 0.29) is 5.25 Å². The average molecular weight is 275 g/mol. The van der Waals surface area contributed by atoms with E-state index in [1.54, 1.807) is 18.7 Å². The van der Waals surface area contributed by atoms with Crippen LogP contribution < -0.4 is 0 Å². The Morgan fingerprint density at radius 3 is 2.67 bits per heavy atom. The molecule has 1 aromatic rings. The Kier molecular flexibility index (Phi) is 4.22. The van der Waals surface area contributed by atoms with Gasteiger partial charge in [-0.15, -0.1) is 11.8 Å². The van der Waals surface area contributed by atoms with Gasteiger partial charge in [-0.05, 0) is 24.6 Å². The van der Waals surface area contributed by atoms with Crippen molar-refractivity contribution in [2.24, 2.45) is 0 Å². The summed E-state index contributed by atoms with van der Waals surface area (Å²) in [4.78, 5) is 2.69. The molecule has 1 atom stereocenters. The Balaban J connectivity index is 1.92. The predicted octanol–water partition coefficient (Wildman–Crippen LogP) is 3.59. The van der Waals surface area contributed by atoms with Crippen molar-refractivity contribution in [3.63, 3.8) is 0 Å². The van der Waals surface area contributed by atoms with Crippen molar-refractivity contribution in [3.8, 4) is 0 Å². The number of thioether (sulfide) groups is 1. The Morgan fingerprint density at radius 2 is 2.06 bits per heavy atom. The zero-order valence-electron chi connectivity index (χ0n) is 10.2. The molecule has 1 unspecified atom stereocenters. The number of rotatable bonds is 4. The summed E-state index contributed by atoms with van der Waals surface area (Å²) in [6.07, 6.45) is -3.23. The first kappa shape index (κ1) is 13.7. The largest absolute Gasteiger partial charge is 0.401 e. The SMILES string of the molecule is CCN(CC1Cc2ccccc2S1)CC(F)(F)F. The highest BCUT2D eigenvalue weighted by atomic mass is 32.2. The summed E-state index contributed by atoms with van der Waals surface area (Å²) in [6.45, 7) is 1.90. The Morgan fingerprint density at radius 1 is 1.33 bits per heavy atom. The second-order valence-electron chi connectivity index (χ2n) is 4.49. The molecule has 18 heavy (non-hydrogen) atoms. The number of alkyl halides is 3. The number of fused-ring (bicyclic) bond motifs is 1. The van der Waals surface area contributed by atoms with E-state index >= 15 is 0 Å². The van der Waals surface area contributed by atoms with Gasteiger partial charge in [0.25, 0.3) is 0 Å². The summed E-state index contributed by atoms with van der Waals surface area (Å²) in [7, 11) is 0. The van der Waals surface area contributed by atoms with Crippen LogP contribution in [0.3, 0.4) is 0 Å². The van der Waals surface area contributed by atoms with Crippen LogP contribution in [0.5, 0.6) is 0 Å². The quantitative estimate of drug-likeness (QED) is 0.826. The van der Waals surface area contributed by atoms with E-state index < -0.39 is 12.7 Å². The highest BCUT2D eigenvalue weighted by Gasteiger charge is 2.32. The number of hydrogen-bond donors (Lipinski definition) is 0. The van der Waals surface area contributed by atoms with Crippen LogP contribution >= 0.6 is 11.8 Å². The summed E-state index contributed by atoms with van der Waals surface area (Å²) in [6, 6.07) is 8.05. The van der Waals surface area contributed by atoms with Crippen LogP contribution in [0.4, 0.5) is 13.2 Å². The van der Waals surface area contributed by atoms with Gasteiger partial charge in [0.2, 0.25) is 0 Å². The van der Waals surface area contributed by atoms with Gasteiger partial charge >= 0.3 is 6.18 Å². The summed E-state index contributed by atoms with van der Waals surface area (Å²) < 4.78 is 37.1. The molecule has 1 aliphatic heterocycles. The Bertz CT molecular complexity index is 380. The molecule has 0 N–H and O–H groups in total. The molecule has 0 amide bonds. The molecule has 0 radical (unpaired) electrons. The smallest absolute Gasteiger partial charge is 0.294 e. The van der Waals surface area contributed by atoms with Crippen LogP contribution in [-0.2, 0) is 6.42 Å². The molecule has 1 nitrogen and oxygen atoms in total. The number of halogens is 3. The molecule has 0 fully saturated rings. The van der Waals surface area contributed by atoms with E-state index in [1.807, 2.05) is 18.2 Å². The van der Waals surface area contributed by atoms with Gasteiger partial charge in [0, 0.05) is 16.7 Å². The van der Waals surface area contributed by atoms with E-state index in [0.717, 1.165) is 6.42 Å². The third kappa shape index (κ3) is 3.65. The van der Waals surface area contributed by atoms with Gasteiger partial charge in [-0.3, -0.25) is 4.90 Å². The Hall–Kier alpha value is -0.680. The second-order valence-corrected chi connectivity index (χ2v) is 5.84. The molecule has 0 saturated carbocycles. The zero-order valence-corrected chi connectivity index (χ0v) is 11.0. The standard InChI is InChI=1S/C13H16F3NS/c1-2-17(9-13(14,15)16)8-11-7-10-5-3-4-6-12(10)18-11/h3-6,11H,2,7-9H2,1H3. The summed E-state index contributed by atoms with van der Waals surface area (Å²) in [5, 5.41) is 0.240. The maximum Gasteiger partial charge on any atom is 0.401 e. The fraction of sp³-hybridized carbons (Fsp3) is 0.538. The fourth-order valence-corrected chi connectivity index (χ4v) is 3.57. The molecule has 0 spiro atoms. The molecule has 0 bridgehead atoms. The van der Waals surface area contributed by atoms with Crippen molar-refractivity contribution in [1.29, 1.82) is 0 Å². The van der Waals surface area contributed by atoms with Gasteiger partial charge in [-0.25, -0.2) is 0 Å². The molecule has 1 heterocycles. The Labute approximate surface area is 109 Å². The topological polar surface area (TPSA) is 3.24 Å². The molecule has 0 saturated heterocycles. The number of benzene rings is 1. The average Bonchev–Trinajstić information content (AvgIpc) is 2.68. The molecular weight excluding hydrogens is 259 g/mol. The minimum Gasteiger partial charge on any atom is -0.294 e. The van der Waals surface area contributed by atoms with E-state index in [4.69, 9.17) is 0 Å².